The number of nitrogens with two attached hydrogens (primary N) is 1. The predicted octanol–water partition coefficient (Wildman–Crippen LogP) is 1.07. The topological polar surface area (TPSA) is 52.3 Å². The molecule has 0 radical (unpaired) electrons. The molecule has 0 aromatic carbocycles. The Morgan fingerprint density at radius 3 is 2.67 bits per heavy atom. The molecule has 1 fully saturated rings. The van der Waals surface area contributed by atoms with E-state index in [2.05, 4.69) is 0 Å². The fourth-order valence-corrected chi connectivity index (χ4v) is 1.51. The quantitative estimate of drug-likeness (QED) is 0.646. The second kappa shape index (κ2) is 4.45. The van der Waals surface area contributed by atoms with E-state index in [-0.39, 0.29) is 5.97 Å². The maximum Gasteiger partial charge on any atom is 0.322 e. The van der Waals surface area contributed by atoms with E-state index in [0.29, 0.717) is 12.5 Å². The molecular weight excluding hydrogens is 154 g/mol. The van der Waals surface area contributed by atoms with Gasteiger partial charge in [-0.3, -0.25) is 4.79 Å². The van der Waals surface area contributed by atoms with Crippen molar-refractivity contribution < 1.29 is 9.53 Å². The SMILES string of the molecule is C[C@@H](N)C(=O)OCC1CCCC1. The Hall–Kier alpha value is -0.570. The number of ether oxygens (including phenoxy) is 1. The summed E-state index contributed by atoms with van der Waals surface area (Å²) in [5.74, 6) is 0.314. The fraction of sp³-hybridized carbons (Fsp3) is 0.889. The summed E-state index contributed by atoms with van der Waals surface area (Å²) in [6.07, 6.45) is 4.96. The lowest BCUT2D eigenvalue weighted by Gasteiger charge is -2.11. The summed E-state index contributed by atoms with van der Waals surface area (Å²) < 4.78 is 5.02. The molecule has 1 atom stereocenters. The molecule has 0 aromatic rings. The highest BCUT2D eigenvalue weighted by atomic mass is 16.5. The van der Waals surface area contributed by atoms with Crippen LogP contribution < -0.4 is 5.73 Å². The van der Waals surface area contributed by atoms with Crippen LogP contribution in [-0.2, 0) is 9.53 Å². The zero-order valence-electron chi connectivity index (χ0n) is 7.58. The summed E-state index contributed by atoms with van der Waals surface area (Å²) in [6.45, 7) is 2.22. The highest BCUT2D eigenvalue weighted by molar-refractivity contribution is 5.74. The van der Waals surface area contributed by atoms with Crippen LogP contribution in [0.4, 0.5) is 0 Å². The number of rotatable bonds is 3. The van der Waals surface area contributed by atoms with Crippen LogP contribution in [0.1, 0.15) is 32.6 Å². The highest BCUT2D eigenvalue weighted by Crippen LogP contribution is 2.24. The molecule has 1 rings (SSSR count). The van der Waals surface area contributed by atoms with Gasteiger partial charge in [0, 0.05) is 0 Å². The monoisotopic (exact) mass is 171 g/mol. The summed E-state index contributed by atoms with van der Waals surface area (Å²) >= 11 is 0. The minimum absolute atomic E-state index is 0.276. The lowest BCUT2D eigenvalue weighted by Crippen LogP contribution is -2.29. The van der Waals surface area contributed by atoms with Gasteiger partial charge >= 0.3 is 5.97 Å². The summed E-state index contributed by atoms with van der Waals surface area (Å²) in [5.41, 5.74) is 5.35. The van der Waals surface area contributed by atoms with E-state index in [9.17, 15) is 4.79 Å². The highest BCUT2D eigenvalue weighted by Gasteiger charge is 2.17. The van der Waals surface area contributed by atoms with Gasteiger partial charge in [0.1, 0.15) is 6.04 Å². The molecular formula is C9H17NO2. The van der Waals surface area contributed by atoms with Gasteiger partial charge in [-0.1, -0.05) is 12.8 Å². The molecule has 3 nitrogen and oxygen atoms in total. The standard InChI is InChI=1S/C9H17NO2/c1-7(10)9(11)12-6-8-4-2-3-5-8/h7-8H,2-6,10H2,1H3/t7-/m1/s1. The molecule has 0 amide bonds. The number of carbonyl (C=O) groups is 1. The predicted molar refractivity (Wildman–Crippen MR) is 46.6 cm³/mol. The molecule has 12 heavy (non-hydrogen) atoms. The molecule has 1 aliphatic carbocycles. The molecule has 70 valence electrons. The van der Waals surface area contributed by atoms with E-state index >= 15 is 0 Å². The Kier molecular flexibility index (Phi) is 3.53. The van der Waals surface area contributed by atoms with Crippen molar-refractivity contribution in [2.24, 2.45) is 11.7 Å². The Morgan fingerprint density at radius 1 is 1.58 bits per heavy atom. The van der Waals surface area contributed by atoms with Crippen LogP contribution in [-0.4, -0.2) is 18.6 Å². The van der Waals surface area contributed by atoms with Crippen LogP contribution in [0.15, 0.2) is 0 Å². The molecule has 0 spiro atoms. The maximum atomic E-state index is 11.0. The lowest BCUT2D eigenvalue weighted by molar-refractivity contribution is -0.146. The Morgan fingerprint density at radius 2 is 2.17 bits per heavy atom. The van der Waals surface area contributed by atoms with Crippen molar-refractivity contribution >= 4 is 5.97 Å². The lowest BCUT2D eigenvalue weighted by atomic mass is 10.1. The molecule has 2 N–H and O–H groups in total. The third kappa shape index (κ3) is 2.81. The average molecular weight is 171 g/mol. The van der Waals surface area contributed by atoms with Gasteiger partial charge in [0.05, 0.1) is 6.61 Å². The fourth-order valence-electron chi connectivity index (χ4n) is 1.51. The van der Waals surface area contributed by atoms with Gasteiger partial charge < -0.3 is 10.5 Å². The van der Waals surface area contributed by atoms with Crippen LogP contribution in [0, 0.1) is 5.92 Å². The zero-order valence-corrected chi connectivity index (χ0v) is 7.58. The van der Waals surface area contributed by atoms with Crippen molar-refractivity contribution in [1.29, 1.82) is 0 Å². The van der Waals surface area contributed by atoms with Gasteiger partial charge in [-0.15, -0.1) is 0 Å². The van der Waals surface area contributed by atoms with Crippen LogP contribution in [0.25, 0.3) is 0 Å². The zero-order chi connectivity index (χ0) is 8.97. The third-order valence-electron chi connectivity index (χ3n) is 2.31. The average Bonchev–Trinajstić information content (AvgIpc) is 2.51. The largest absolute Gasteiger partial charge is 0.464 e. The van der Waals surface area contributed by atoms with Crippen molar-refractivity contribution in [3.63, 3.8) is 0 Å². The van der Waals surface area contributed by atoms with Gasteiger partial charge in [0.25, 0.3) is 0 Å². The summed E-state index contributed by atoms with van der Waals surface area (Å²) in [6, 6.07) is -0.480. The molecule has 0 bridgehead atoms. The minimum Gasteiger partial charge on any atom is -0.464 e. The van der Waals surface area contributed by atoms with E-state index in [1.807, 2.05) is 0 Å². The van der Waals surface area contributed by atoms with E-state index in [1.165, 1.54) is 25.7 Å². The first-order valence-corrected chi connectivity index (χ1v) is 4.62. The van der Waals surface area contributed by atoms with Crippen molar-refractivity contribution in [2.75, 3.05) is 6.61 Å². The Balaban J connectivity index is 2.12. The number of esters is 1. The molecule has 0 aromatic heterocycles. The molecule has 0 heterocycles. The van der Waals surface area contributed by atoms with Gasteiger partial charge in [0.15, 0.2) is 0 Å². The van der Waals surface area contributed by atoms with Gasteiger partial charge in [0.2, 0.25) is 0 Å². The smallest absolute Gasteiger partial charge is 0.322 e. The summed E-state index contributed by atoms with van der Waals surface area (Å²) in [5, 5.41) is 0. The Labute approximate surface area is 73.3 Å². The van der Waals surface area contributed by atoms with Gasteiger partial charge in [-0.05, 0) is 25.7 Å². The molecule has 0 unspecified atom stereocenters. The van der Waals surface area contributed by atoms with E-state index < -0.39 is 6.04 Å². The van der Waals surface area contributed by atoms with Crippen molar-refractivity contribution in [2.45, 2.75) is 38.6 Å². The van der Waals surface area contributed by atoms with E-state index in [1.54, 1.807) is 6.92 Å². The second-order valence-electron chi connectivity index (χ2n) is 3.57. The first kappa shape index (κ1) is 9.52. The van der Waals surface area contributed by atoms with Crippen LogP contribution in [0.2, 0.25) is 0 Å². The third-order valence-corrected chi connectivity index (χ3v) is 2.31. The molecule has 1 aliphatic rings. The van der Waals surface area contributed by atoms with Gasteiger partial charge in [-0.25, -0.2) is 0 Å². The molecule has 1 saturated carbocycles. The Bertz CT molecular complexity index is 151. The first-order chi connectivity index (χ1) is 5.70. The number of carbonyl (C=O) groups excluding carboxylic acids is 1. The molecule has 3 heteroatoms. The minimum atomic E-state index is -0.480. The van der Waals surface area contributed by atoms with Crippen LogP contribution in [0.3, 0.4) is 0 Å². The second-order valence-corrected chi connectivity index (χ2v) is 3.57. The van der Waals surface area contributed by atoms with Gasteiger partial charge in [-0.2, -0.15) is 0 Å². The van der Waals surface area contributed by atoms with E-state index in [4.69, 9.17) is 10.5 Å². The first-order valence-electron chi connectivity index (χ1n) is 4.62. The number of hydrogen-bond acceptors (Lipinski definition) is 3. The number of hydrogen-bond donors (Lipinski definition) is 1. The molecule has 0 saturated heterocycles. The van der Waals surface area contributed by atoms with E-state index in [0.717, 1.165) is 0 Å². The summed E-state index contributed by atoms with van der Waals surface area (Å²) in [7, 11) is 0. The maximum absolute atomic E-state index is 11.0. The summed E-state index contributed by atoms with van der Waals surface area (Å²) in [4.78, 5) is 11.0. The van der Waals surface area contributed by atoms with Crippen molar-refractivity contribution in [1.82, 2.24) is 0 Å². The van der Waals surface area contributed by atoms with Crippen molar-refractivity contribution in [3.8, 4) is 0 Å². The molecule has 0 aliphatic heterocycles. The normalized spacial score (nSPS) is 20.8. The van der Waals surface area contributed by atoms with Crippen molar-refractivity contribution in [3.05, 3.63) is 0 Å². The van der Waals surface area contributed by atoms with Crippen LogP contribution >= 0.6 is 0 Å². The van der Waals surface area contributed by atoms with Crippen LogP contribution in [0.5, 0.6) is 0 Å².